The highest BCUT2D eigenvalue weighted by atomic mass is 32.1. The number of methoxy groups -OCH3 is 3. The van der Waals surface area contributed by atoms with E-state index in [-0.39, 0.29) is 0 Å². The fourth-order valence-corrected chi connectivity index (χ4v) is 3.81. The Hall–Kier alpha value is -3.06. The number of para-hydroxylation sites is 1. The molecule has 0 aliphatic heterocycles. The number of ether oxygens (including phenoxy) is 3. The van der Waals surface area contributed by atoms with Gasteiger partial charge in [-0.25, -0.2) is 0 Å². The third-order valence-corrected chi connectivity index (χ3v) is 5.07. The molecule has 0 atom stereocenters. The minimum atomic E-state index is -0.390. The van der Waals surface area contributed by atoms with Gasteiger partial charge in [0.1, 0.15) is 0 Å². The van der Waals surface area contributed by atoms with E-state index in [4.69, 9.17) is 14.2 Å². The predicted molar refractivity (Wildman–Crippen MR) is 106 cm³/mol. The number of hydrogen-bond donors (Lipinski definition) is 0. The van der Waals surface area contributed by atoms with E-state index in [0.29, 0.717) is 34.2 Å². The monoisotopic (exact) mass is 384 g/mol. The minimum absolute atomic E-state index is 0.354. The average Bonchev–Trinajstić information content (AvgIpc) is 3.04. The highest BCUT2D eigenvalue weighted by Gasteiger charge is 2.17. The van der Waals surface area contributed by atoms with Crippen LogP contribution in [0.15, 0.2) is 54.0 Å². The lowest BCUT2D eigenvalue weighted by Crippen LogP contribution is -2.16. The van der Waals surface area contributed by atoms with Crippen LogP contribution in [0, 0.1) is 0 Å². The number of amides is 1. The number of nitrogens with zero attached hydrogens (tertiary/aromatic N) is 2. The zero-order valence-electron chi connectivity index (χ0n) is 15.4. The number of carbonyl (C=O) groups excluding carboxylic acids is 1. The van der Waals surface area contributed by atoms with E-state index in [1.54, 1.807) is 18.2 Å². The van der Waals surface area contributed by atoms with Crippen molar-refractivity contribution in [3.63, 3.8) is 0 Å². The molecule has 0 saturated heterocycles. The molecular formula is C20H20N2O4S. The number of carbonyl (C=O) groups is 1. The van der Waals surface area contributed by atoms with Crippen LogP contribution < -0.4 is 19.0 Å². The molecule has 1 aromatic heterocycles. The molecule has 7 heteroatoms. The zero-order chi connectivity index (χ0) is 19.4. The molecule has 27 heavy (non-hydrogen) atoms. The van der Waals surface area contributed by atoms with Crippen LogP contribution in [0.3, 0.4) is 0 Å². The Labute approximate surface area is 161 Å². The Balaban J connectivity index is 2.13. The second kappa shape index (κ2) is 8.09. The van der Waals surface area contributed by atoms with Gasteiger partial charge in [-0.2, -0.15) is 4.99 Å². The molecule has 1 amide bonds. The van der Waals surface area contributed by atoms with E-state index in [0.717, 1.165) is 10.2 Å². The lowest BCUT2D eigenvalue weighted by Gasteiger charge is -2.12. The van der Waals surface area contributed by atoms with Crippen LogP contribution in [-0.2, 0) is 6.54 Å². The fourth-order valence-electron chi connectivity index (χ4n) is 2.77. The van der Waals surface area contributed by atoms with Gasteiger partial charge in [-0.3, -0.25) is 4.79 Å². The summed E-state index contributed by atoms with van der Waals surface area (Å²) in [6, 6.07) is 11.1. The van der Waals surface area contributed by atoms with Crippen molar-refractivity contribution in [2.24, 2.45) is 4.99 Å². The largest absolute Gasteiger partial charge is 0.493 e. The maximum absolute atomic E-state index is 12.8. The topological polar surface area (TPSA) is 62.1 Å². The molecule has 0 radical (unpaired) electrons. The molecule has 0 N–H and O–H groups in total. The normalized spacial score (nSPS) is 11.4. The number of thiazole rings is 1. The molecule has 140 valence electrons. The molecule has 3 aromatic rings. The quantitative estimate of drug-likeness (QED) is 0.609. The van der Waals surface area contributed by atoms with Gasteiger partial charge >= 0.3 is 0 Å². The second-order valence-electron chi connectivity index (χ2n) is 5.58. The van der Waals surface area contributed by atoms with Crippen LogP contribution in [0.4, 0.5) is 0 Å². The molecule has 1 heterocycles. The smallest absolute Gasteiger partial charge is 0.279 e. The van der Waals surface area contributed by atoms with Crippen molar-refractivity contribution in [3.05, 3.63) is 59.4 Å². The highest BCUT2D eigenvalue weighted by molar-refractivity contribution is 7.16. The first-order valence-corrected chi connectivity index (χ1v) is 9.03. The molecule has 0 unspecified atom stereocenters. The summed E-state index contributed by atoms with van der Waals surface area (Å²) in [5.41, 5.74) is 1.37. The molecule has 0 fully saturated rings. The first kappa shape index (κ1) is 18.7. The van der Waals surface area contributed by atoms with Crippen LogP contribution in [-0.4, -0.2) is 31.8 Å². The van der Waals surface area contributed by atoms with Crippen molar-refractivity contribution >= 4 is 27.5 Å². The third kappa shape index (κ3) is 3.59. The SMILES string of the molecule is C=CCn1c(=NC(=O)c2cc(OC)c(OC)c(OC)c2)sc2ccccc21. The van der Waals surface area contributed by atoms with Gasteiger partial charge in [-0.15, -0.1) is 6.58 Å². The van der Waals surface area contributed by atoms with Crippen LogP contribution in [0.1, 0.15) is 10.4 Å². The number of allylic oxidation sites excluding steroid dienone is 1. The van der Waals surface area contributed by atoms with Gasteiger partial charge in [-0.1, -0.05) is 29.5 Å². The Bertz CT molecular complexity index is 1040. The Morgan fingerprint density at radius 2 is 1.81 bits per heavy atom. The third-order valence-electron chi connectivity index (χ3n) is 4.01. The number of aromatic nitrogens is 1. The van der Waals surface area contributed by atoms with Crippen molar-refractivity contribution in [2.75, 3.05) is 21.3 Å². The van der Waals surface area contributed by atoms with E-state index < -0.39 is 5.91 Å². The summed E-state index contributed by atoms with van der Waals surface area (Å²) in [5, 5.41) is 0. The average molecular weight is 384 g/mol. The summed E-state index contributed by atoms with van der Waals surface area (Å²) in [6.07, 6.45) is 1.78. The summed E-state index contributed by atoms with van der Waals surface area (Å²) < 4.78 is 18.9. The Morgan fingerprint density at radius 1 is 1.15 bits per heavy atom. The number of hydrogen-bond acceptors (Lipinski definition) is 5. The van der Waals surface area contributed by atoms with Gasteiger partial charge in [-0.05, 0) is 24.3 Å². The van der Waals surface area contributed by atoms with Gasteiger partial charge in [0, 0.05) is 12.1 Å². The number of fused-ring (bicyclic) bond motifs is 1. The van der Waals surface area contributed by atoms with E-state index in [1.807, 2.05) is 28.8 Å². The van der Waals surface area contributed by atoms with Gasteiger partial charge in [0.05, 0.1) is 31.5 Å². The van der Waals surface area contributed by atoms with E-state index in [9.17, 15) is 4.79 Å². The van der Waals surface area contributed by atoms with E-state index >= 15 is 0 Å². The summed E-state index contributed by atoms with van der Waals surface area (Å²) in [4.78, 5) is 17.8. The Morgan fingerprint density at radius 3 is 2.41 bits per heavy atom. The predicted octanol–water partition coefficient (Wildman–Crippen LogP) is 3.66. The van der Waals surface area contributed by atoms with Crippen molar-refractivity contribution in [1.29, 1.82) is 0 Å². The molecule has 0 aliphatic carbocycles. The van der Waals surface area contributed by atoms with Gasteiger partial charge in [0.15, 0.2) is 16.3 Å². The van der Waals surface area contributed by atoms with E-state index in [1.165, 1.54) is 32.7 Å². The van der Waals surface area contributed by atoms with Crippen LogP contribution >= 0.6 is 11.3 Å². The van der Waals surface area contributed by atoms with E-state index in [2.05, 4.69) is 11.6 Å². The maximum atomic E-state index is 12.8. The van der Waals surface area contributed by atoms with Gasteiger partial charge in [0.2, 0.25) is 5.75 Å². The van der Waals surface area contributed by atoms with Crippen molar-refractivity contribution in [2.45, 2.75) is 6.54 Å². The van der Waals surface area contributed by atoms with Crippen molar-refractivity contribution < 1.29 is 19.0 Å². The molecule has 6 nitrogen and oxygen atoms in total. The molecule has 2 aromatic carbocycles. The number of rotatable bonds is 6. The first-order chi connectivity index (χ1) is 13.1. The van der Waals surface area contributed by atoms with Gasteiger partial charge < -0.3 is 18.8 Å². The van der Waals surface area contributed by atoms with Crippen molar-refractivity contribution in [3.8, 4) is 17.2 Å². The lowest BCUT2D eigenvalue weighted by atomic mass is 10.1. The first-order valence-electron chi connectivity index (χ1n) is 8.21. The second-order valence-corrected chi connectivity index (χ2v) is 6.59. The lowest BCUT2D eigenvalue weighted by molar-refractivity contribution is 0.0997. The summed E-state index contributed by atoms with van der Waals surface area (Å²) in [7, 11) is 4.53. The van der Waals surface area contributed by atoms with Crippen LogP contribution in [0.2, 0.25) is 0 Å². The summed E-state index contributed by atoms with van der Waals surface area (Å²) in [5.74, 6) is 0.857. The minimum Gasteiger partial charge on any atom is -0.493 e. The molecule has 0 spiro atoms. The standard InChI is InChI=1S/C20H20N2O4S/c1-5-10-22-14-8-6-7-9-17(14)27-20(22)21-19(23)13-11-15(24-2)18(26-4)16(12-13)25-3/h5-9,11-12H,1,10H2,2-4H3. The van der Waals surface area contributed by atoms with Crippen LogP contribution in [0.5, 0.6) is 17.2 Å². The Kier molecular flexibility index (Phi) is 5.61. The van der Waals surface area contributed by atoms with Crippen LogP contribution in [0.25, 0.3) is 10.2 Å². The summed E-state index contributed by atoms with van der Waals surface area (Å²) in [6.45, 7) is 4.36. The molecule has 0 saturated carbocycles. The molecular weight excluding hydrogens is 364 g/mol. The maximum Gasteiger partial charge on any atom is 0.279 e. The fraction of sp³-hybridized carbons (Fsp3) is 0.200. The summed E-state index contributed by atoms with van der Waals surface area (Å²) >= 11 is 1.45. The van der Waals surface area contributed by atoms with Crippen molar-refractivity contribution in [1.82, 2.24) is 4.57 Å². The number of benzene rings is 2. The molecule has 0 bridgehead atoms. The highest BCUT2D eigenvalue weighted by Crippen LogP contribution is 2.38. The van der Waals surface area contributed by atoms with Gasteiger partial charge in [0.25, 0.3) is 5.91 Å². The molecule has 0 aliphatic rings. The molecule has 3 rings (SSSR count). The zero-order valence-corrected chi connectivity index (χ0v) is 16.2.